The average Bonchev–Trinajstić information content (AvgIpc) is 1.66. The molecule has 2 aliphatic heterocycles. The number of benzene rings is 2. The number of aromatic amines is 2. The van der Waals surface area contributed by atoms with Gasteiger partial charge in [-0.2, -0.15) is 0 Å². The first-order chi connectivity index (χ1) is 46.7. The van der Waals surface area contributed by atoms with E-state index in [1.54, 1.807) is 74.6 Å². The van der Waals surface area contributed by atoms with Crippen molar-refractivity contribution < 1.29 is 62.7 Å². The van der Waals surface area contributed by atoms with Crippen molar-refractivity contribution in [3.05, 3.63) is 161 Å². The molecule has 97 heavy (non-hydrogen) atoms. The molecule has 524 valence electrons. The van der Waals surface area contributed by atoms with Crippen LogP contribution in [-0.2, 0) is 78.6 Å². The summed E-state index contributed by atoms with van der Waals surface area (Å²) in [7, 11) is 4.33. The first-order valence-corrected chi connectivity index (χ1v) is 31.6. The van der Waals surface area contributed by atoms with Crippen LogP contribution in [0.4, 0.5) is 0 Å². The highest BCUT2D eigenvalue weighted by Crippen LogP contribution is 2.37. The van der Waals surface area contributed by atoms with Crippen LogP contribution in [0, 0.1) is 13.8 Å². The molecule has 6 heterocycles. The minimum Gasteiger partial charge on any atom is -0.394 e. The van der Waals surface area contributed by atoms with Gasteiger partial charge in [-0.3, -0.25) is 57.5 Å². The molecule has 2 aliphatic rings. The Morgan fingerprint density at radius 1 is 0.536 bits per heavy atom. The first kappa shape index (κ1) is 73.4. The summed E-state index contributed by atoms with van der Waals surface area (Å²) in [5, 5.41) is 41.0. The van der Waals surface area contributed by atoms with Crippen LogP contribution in [0.15, 0.2) is 105 Å². The van der Waals surface area contributed by atoms with Gasteiger partial charge in [-0.25, -0.2) is 19.0 Å². The Labute approximate surface area is 557 Å². The maximum absolute atomic E-state index is 14.9. The van der Waals surface area contributed by atoms with Gasteiger partial charge < -0.3 is 68.6 Å². The van der Waals surface area contributed by atoms with Crippen molar-refractivity contribution in [3.63, 3.8) is 0 Å². The molecular formula is C63H85N17O17. The second kappa shape index (κ2) is 35.5. The number of nitrogens with zero attached hydrogens (tertiary/aromatic N) is 14. The van der Waals surface area contributed by atoms with E-state index in [0.717, 1.165) is 0 Å². The molecule has 2 saturated heterocycles. The Balaban J connectivity index is 1.00. The van der Waals surface area contributed by atoms with E-state index in [0.29, 0.717) is 30.0 Å². The van der Waals surface area contributed by atoms with E-state index in [9.17, 15) is 58.2 Å². The zero-order valence-electron chi connectivity index (χ0n) is 55.2. The average molecular weight is 1350 g/mol. The Morgan fingerprint density at radius 2 is 0.918 bits per heavy atom. The largest absolute Gasteiger partial charge is 0.394 e. The topological polar surface area (TPSA) is 392 Å². The van der Waals surface area contributed by atoms with Gasteiger partial charge in [0.15, 0.2) is 0 Å². The van der Waals surface area contributed by atoms with E-state index in [4.69, 9.17) is 23.7 Å². The summed E-state index contributed by atoms with van der Waals surface area (Å²) in [5.41, 5.74) is -0.0402. The second-order valence-corrected chi connectivity index (χ2v) is 23.5. The zero-order chi connectivity index (χ0) is 69.7. The third kappa shape index (κ3) is 19.9. The molecule has 2 unspecified atom stereocenters. The van der Waals surface area contributed by atoms with Crippen LogP contribution in [-0.4, -0.2) is 256 Å². The SMILES string of the molecule is CCN(Cc1cn(C2C[C@H](n3cc(C)c(=O)[nH]c3=O)O[C@@H]2CO)nn1)C(=O)CN(Cc1ccccc1)C(=O)CN(CCOC)C(=O)CN(CCOC)C(=O)CN(Cc1cn(C2C[C@H](n3cc(C)c(=O)[nH]c3=O)O[C@@H]2CO)nn1)C(=O)CN(Cc1ccccc1)C(=O)CNCCOC. The molecule has 2 fully saturated rings. The normalized spacial score (nSPS) is 17.4. The van der Waals surface area contributed by atoms with Crippen LogP contribution in [0.5, 0.6) is 0 Å². The highest BCUT2D eigenvalue weighted by Gasteiger charge is 2.41. The number of ether oxygens (including phenoxy) is 5. The molecule has 34 nitrogen and oxygen atoms in total. The van der Waals surface area contributed by atoms with Gasteiger partial charge in [0.1, 0.15) is 55.7 Å². The number of likely N-dealkylation sites (N-methyl/N-ethyl adjacent to an activating group) is 1. The fourth-order valence-electron chi connectivity index (χ4n) is 11.2. The van der Waals surface area contributed by atoms with Crippen molar-refractivity contribution in [2.24, 2.45) is 0 Å². The minimum absolute atomic E-state index is 0.0145. The molecule has 0 saturated carbocycles. The highest BCUT2D eigenvalue weighted by atomic mass is 16.5. The van der Waals surface area contributed by atoms with Crippen LogP contribution in [0.1, 0.15) is 77.9 Å². The van der Waals surface area contributed by atoms with Gasteiger partial charge >= 0.3 is 11.4 Å². The molecule has 6 amide bonds. The molecule has 6 atom stereocenters. The number of hydrogen-bond acceptors (Lipinski definition) is 22. The standard InChI is InChI=1S/C63H85N17O17/c1-7-71(31-46-33-79(69-67-46)48-24-58(96-50(48)40-81)77-27-42(2)60(89)65-62(77)91)53(84)37-75(30-45-16-12-9-13-17-45)56(87)36-73(20-23-95-6)54(85)35-72(19-22-94-5)55(86)38-76(57(88)39-74(29-44-14-10-8-11-15-44)52(83)26-64-18-21-93-4)32-47-34-80(70-68-47)49-25-59(97-51(49)41-82)78-28-43(3)61(90)66-63(78)92/h8-17,27-28,33-34,48-51,58-59,64,81-82H,7,18-26,29-32,35-41H2,1-6H3,(H,65,89,91)(H,66,90,92)/t48?,49?,50-,51-,58-,59-/m1/s1. The Kier molecular flexibility index (Phi) is 26.9. The number of rotatable bonds is 36. The first-order valence-electron chi connectivity index (χ1n) is 31.6. The lowest BCUT2D eigenvalue weighted by Crippen LogP contribution is -2.52. The third-order valence-electron chi connectivity index (χ3n) is 16.6. The summed E-state index contributed by atoms with van der Waals surface area (Å²) < 4.78 is 33.4. The van der Waals surface area contributed by atoms with E-state index in [2.05, 4.69) is 35.9 Å². The number of amides is 6. The number of nitrogens with one attached hydrogen (secondary N) is 3. The van der Waals surface area contributed by atoms with E-state index >= 15 is 0 Å². The number of carbonyl (C=O) groups excluding carboxylic acids is 6. The Bertz CT molecular complexity index is 3860. The van der Waals surface area contributed by atoms with E-state index in [1.165, 1.54) is 94.7 Å². The van der Waals surface area contributed by atoms with Crippen LogP contribution in [0.3, 0.4) is 0 Å². The minimum atomic E-state index is -0.923. The van der Waals surface area contributed by atoms with Gasteiger partial charge in [-0.1, -0.05) is 71.1 Å². The molecule has 0 bridgehead atoms. The van der Waals surface area contributed by atoms with E-state index in [-0.39, 0.29) is 95.2 Å². The number of hydrogen-bond donors (Lipinski definition) is 5. The molecule has 2 aromatic carbocycles. The number of aromatic nitrogens is 10. The van der Waals surface area contributed by atoms with Crippen LogP contribution < -0.4 is 27.8 Å². The van der Waals surface area contributed by atoms with Crippen molar-refractivity contribution >= 4 is 35.4 Å². The van der Waals surface area contributed by atoms with Gasteiger partial charge in [0.05, 0.1) is 90.2 Å². The summed E-state index contributed by atoms with van der Waals surface area (Å²) in [5.74, 6) is -3.66. The fraction of sp³-hybridized carbons (Fsp3) is 0.524. The smallest absolute Gasteiger partial charge is 0.330 e. The maximum atomic E-state index is 14.9. The van der Waals surface area contributed by atoms with Crippen molar-refractivity contribution in [2.45, 2.75) is 96.5 Å². The predicted molar refractivity (Wildman–Crippen MR) is 343 cm³/mol. The predicted octanol–water partition coefficient (Wildman–Crippen LogP) is -2.15. The van der Waals surface area contributed by atoms with Gasteiger partial charge in [0.2, 0.25) is 35.4 Å². The molecule has 34 heteroatoms. The quantitative estimate of drug-likeness (QED) is 0.0262. The molecule has 0 aliphatic carbocycles. The van der Waals surface area contributed by atoms with Gasteiger partial charge in [0.25, 0.3) is 11.1 Å². The number of carbonyl (C=O) groups is 6. The van der Waals surface area contributed by atoms with Crippen molar-refractivity contribution in [1.82, 2.24) is 83.8 Å². The summed E-state index contributed by atoms with van der Waals surface area (Å²) in [4.78, 5) is 150. The number of H-pyrrole nitrogens is 2. The van der Waals surface area contributed by atoms with Crippen LogP contribution in [0.2, 0.25) is 0 Å². The summed E-state index contributed by atoms with van der Waals surface area (Å²) in [6, 6.07) is 16.6. The Hall–Kier alpha value is -9.42. The number of aryl methyl sites for hydroxylation is 2. The molecule has 4 aromatic heterocycles. The molecule has 6 aromatic rings. The molecular weight excluding hydrogens is 1270 g/mol. The summed E-state index contributed by atoms with van der Waals surface area (Å²) >= 11 is 0. The van der Waals surface area contributed by atoms with E-state index in [1.807, 2.05) is 6.07 Å². The lowest BCUT2D eigenvalue weighted by atomic mass is 10.1. The molecule has 0 radical (unpaired) electrons. The van der Waals surface area contributed by atoms with Gasteiger partial charge in [-0.15, -0.1) is 10.2 Å². The molecule has 8 rings (SSSR count). The van der Waals surface area contributed by atoms with Crippen molar-refractivity contribution in [3.8, 4) is 0 Å². The monoisotopic (exact) mass is 1350 g/mol. The third-order valence-corrected chi connectivity index (χ3v) is 16.6. The summed E-state index contributed by atoms with van der Waals surface area (Å²) in [6.45, 7) is 0.958. The zero-order valence-corrected chi connectivity index (χ0v) is 55.2. The number of methoxy groups -OCH3 is 3. The highest BCUT2D eigenvalue weighted by molar-refractivity contribution is 5.92. The van der Waals surface area contributed by atoms with Gasteiger partial charge in [0, 0.05) is 97.0 Å². The Morgan fingerprint density at radius 3 is 1.33 bits per heavy atom. The maximum Gasteiger partial charge on any atom is 0.330 e. The van der Waals surface area contributed by atoms with Crippen molar-refractivity contribution in [1.29, 1.82) is 0 Å². The number of aliphatic hydroxyl groups is 2. The lowest BCUT2D eigenvalue weighted by molar-refractivity contribution is -0.149. The number of aliphatic hydroxyl groups excluding tert-OH is 2. The summed E-state index contributed by atoms with van der Waals surface area (Å²) in [6.07, 6.45) is 2.65. The van der Waals surface area contributed by atoms with E-state index < -0.39 is 141 Å². The lowest BCUT2D eigenvalue weighted by Gasteiger charge is -2.32. The molecule has 0 spiro atoms. The van der Waals surface area contributed by atoms with Crippen molar-refractivity contribution in [2.75, 3.05) is 120 Å². The van der Waals surface area contributed by atoms with Crippen LogP contribution >= 0.6 is 0 Å². The molecule has 5 N–H and O–H groups in total. The fourth-order valence-corrected chi connectivity index (χ4v) is 11.2. The second-order valence-electron chi connectivity index (χ2n) is 23.5. The van der Waals surface area contributed by atoms with Gasteiger partial charge in [-0.05, 0) is 31.9 Å². The van der Waals surface area contributed by atoms with Crippen LogP contribution in [0.25, 0.3) is 0 Å².